The van der Waals surface area contributed by atoms with Gasteiger partial charge in [0, 0.05) is 26.3 Å². The van der Waals surface area contributed by atoms with Gasteiger partial charge in [-0.3, -0.25) is 0 Å². The first-order valence-corrected chi connectivity index (χ1v) is 7.02. The molecule has 0 aliphatic carbocycles. The van der Waals surface area contributed by atoms with Crippen LogP contribution in [-0.2, 0) is 11.3 Å². The van der Waals surface area contributed by atoms with Gasteiger partial charge in [0.1, 0.15) is 11.8 Å². The highest BCUT2D eigenvalue weighted by Gasteiger charge is 2.26. The van der Waals surface area contributed by atoms with Crippen molar-refractivity contribution in [3.63, 3.8) is 0 Å². The van der Waals surface area contributed by atoms with Gasteiger partial charge in [-0.1, -0.05) is 13.0 Å². The minimum Gasteiger partial charge on any atom is -0.495 e. The van der Waals surface area contributed by atoms with E-state index in [1.165, 1.54) is 0 Å². The molecule has 1 N–H and O–H groups in total. The predicted molar refractivity (Wildman–Crippen MR) is 77.6 cm³/mol. The van der Waals surface area contributed by atoms with Crippen molar-refractivity contribution in [1.29, 1.82) is 5.26 Å². The fourth-order valence-corrected chi connectivity index (χ4v) is 2.50. The molecule has 1 aromatic rings. The smallest absolute Gasteiger partial charge is 0.136 e. The number of ether oxygens (including phenoxy) is 2. The second kappa shape index (κ2) is 6.74. The average Bonchev–Trinajstić information content (AvgIpc) is 2.47. The lowest BCUT2D eigenvalue weighted by Crippen LogP contribution is -2.36. The van der Waals surface area contributed by atoms with Crippen LogP contribution >= 0.6 is 0 Å². The lowest BCUT2D eigenvalue weighted by Gasteiger charge is -2.33. The van der Waals surface area contributed by atoms with Crippen LogP contribution in [0.1, 0.15) is 30.9 Å². The predicted octanol–water partition coefficient (Wildman–Crippen LogP) is 2.47. The molecular formula is C16H22N2O2. The van der Waals surface area contributed by atoms with Gasteiger partial charge in [-0.15, -0.1) is 0 Å². The van der Waals surface area contributed by atoms with E-state index in [0.717, 1.165) is 44.7 Å². The highest BCUT2D eigenvalue weighted by atomic mass is 16.5. The van der Waals surface area contributed by atoms with Gasteiger partial charge in [-0.2, -0.15) is 5.26 Å². The molecule has 1 aliphatic heterocycles. The van der Waals surface area contributed by atoms with Gasteiger partial charge < -0.3 is 14.8 Å². The van der Waals surface area contributed by atoms with Gasteiger partial charge in [-0.05, 0) is 36.0 Å². The Morgan fingerprint density at radius 1 is 1.40 bits per heavy atom. The van der Waals surface area contributed by atoms with Gasteiger partial charge in [0.05, 0.1) is 12.7 Å². The first-order chi connectivity index (χ1) is 9.67. The summed E-state index contributed by atoms with van der Waals surface area (Å²) in [6.07, 6.45) is 2.21. The molecule has 0 amide bonds. The summed E-state index contributed by atoms with van der Waals surface area (Å²) in [5, 5.41) is 12.6. The van der Waals surface area contributed by atoms with E-state index in [1.807, 2.05) is 18.2 Å². The standard InChI is InChI=1S/C16H22N2O2/c1-16(5-7-20-8-6-16)12-18-11-13-3-4-15(19-2)14(9-13)10-17/h3-4,9,18H,5-8,11-12H2,1-2H3. The second-order valence-corrected chi connectivity index (χ2v) is 5.67. The zero-order valence-corrected chi connectivity index (χ0v) is 12.2. The Morgan fingerprint density at radius 2 is 2.15 bits per heavy atom. The van der Waals surface area contributed by atoms with E-state index in [2.05, 4.69) is 18.3 Å². The van der Waals surface area contributed by atoms with Crippen molar-refractivity contribution in [2.75, 3.05) is 26.9 Å². The molecule has 4 nitrogen and oxygen atoms in total. The van der Waals surface area contributed by atoms with E-state index in [4.69, 9.17) is 14.7 Å². The molecule has 1 heterocycles. The molecule has 4 heteroatoms. The van der Waals surface area contributed by atoms with Crippen molar-refractivity contribution in [3.8, 4) is 11.8 Å². The molecular weight excluding hydrogens is 252 g/mol. The largest absolute Gasteiger partial charge is 0.495 e. The Labute approximate surface area is 120 Å². The molecule has 20 heavy (non-hydrogen) atoms. The highest BCUT2D eigenvalue weighted by Crippen LogP contribution is 2.28. The summed E-state index contributed by atoms with van der Waals surface area (Å²) in [4.78, 5) is 0. The molecule has 1 aliphatic rings. The Balaban J connectivity index is 1.89. The van der Waals surface area contributed by atoms with Crippen LogP contribution in [-0.4, -0.2) is 26.9 Å². The first-order valence-electron chi connectivity index (χ1n) is 7.02. The van der Waals surface area contributed by atoms with Crippen molar-refractivity contribution < 1.29 is 9.47 Å². The summed E-state index contributed by atoms with van der Waals surface area (Å²) in [6, 6.07) is 7.90. The topological polar surface area (TPSA) is 54.3 Å². The highest BCUT2D eigenvalue weighted by molar-refractivity contribution is 5.45. The fraction of sp³-hybridized carbons (Fsp3) is 0.562. The van der Waals surface area contributed by atoms with Gasteiger partial charge in [0.15, 0.2) is 0 Å². The number of hydrogen-bond donors (Lipinski definition) is 1. The molecule has 1 saturated heterocycles. The van der Waals surface area contributed by atoms with E-state index >= 15 is 0 Å². The van der Waals surface area contributed by atoms with E-state index in [-0.39, 0.29) is 0 Å². The Morgan fingerprint density at radius 3 is 2.80 bits per heavy atom. The van der Waals surface area contributed by atoms with Crippen LogP contribution in [0.5, 0.6) is 5.75 Å². The van der Waals surface area contributed by atoms with Crippen molar-refractivity contribution in [2.45, 2.75) is 26.3 Å². The molecule has 0 saturated carbocycles. The van der Waals surface area contributed by atoms with E-state index in [9.17, 15) is 0 Å². The lowest BCUT2D eigenvalue weighted by atomic mass is 9.82. The zero-order chi connectivity index (χ0) is 14.4. The minimum absolute atomic E-state index is 0.322. The molecule has 0 spiro atoms. The number of benzene rings is 1. The van der Waals surface area contributed by atoms with E-state index in [1.54, 1.807) is 7.11 Å². The Kier molecular flexibility index (Phi) is 4.99. The fourth-order valence-electron chi connectivity index (χ4n) is 2.50. The third kappa shape index (κ3) is 3.72. The molecule has 1 fully saturated rings. The van der Waals surface area contributed by atoms with Crippen LogP contribution in [0.3, 0.4) is 0 Å². The summed E-state index contributed by atoms with van der Waals surface area (Å²) >= 11 is 0. The van der Waals surface area contributed by atoms with Crippen molar-refractivity contribution in [1.82, 2.24) is 5.32 Å². The molecule has 1 aromatic carbocycles. The number of nitrogens with zero attached hydrogens (tertiary/aromatic N) is 1. The second-order valence-electron chi connectivity index (χ2n) is 5.67. The van der Waals surface area contributed by atoms with Crippen LogP contribution in [0.4, 0.5) is 0 Å². The lowest BCUT2D eigenvalue weighted by molar-refractivity contribution is 0.0240. The molecule has 108 valence electrons. The van der Waals surface area contributed by atoms with Gasteiger partial charge in [0.2, 0.25) is 0 Å². The average molecular weight is 274 g/mol. The van der Waals surface area contributed by atoms with Crippen LogP contribution in [0.2, 0.25) is 0 Å². The summed E-state index contributed by atoms with van der Waals surface area (Å²) < 4.78 is 10.6. The summed E-state index contributed by atoms with van der Waals surface area (Å²) in [6.45, 7) is 5.77. The van der Waals surface area contributed by atoms with Crippen LogP contribution in [0.15, 0.2) is 18.2 Å². The van der Waals surface area contributed by atoms with Crippen molar-refractivity contribution in [3.05, 3.63) is 29.3 Å². The number of methoxy groups -OCH3 is 1. The molecule has 0 atom stereocenters. The van der Waals surface area contributed by atoms with Crippen molar-refractivity contribution >= 4 is 0 Å². The number of nitriles is 1. The summed E-state index contributed by atoms with van der Waals surface area (Å²) in [5.41, 5.74) is 2.02. The number of hydrogen-bond acceptors (Lipinski definition) is 4. The molecule has 0 aromatic heterocycles. The van der Waals surface area contributed by atoms with Crippen LogP contribution < -0.4 is 10.1 Å². The Hall–Kier alpha value is -1.57. The van der Waals surface area contributed by atoms with Crippen LogP contribution in [0, 0.1) is 16.7 Å². The molecule has 0 radical (unpaired) electrons. The van der Waals surface area contributed by atoms with Crippen LogP contribution in [0.25, 0.3) is 0 Å². The maximum absolute atomic E-state index is 9.08. The maximum atomic E-state index is 9.08. The summed E-state index contributed by atoms with van der Waals surface area (Å²) in [5.74, 6) is 0.632. The quantitative estimate of drug-likeness (QED) is 0.896. The van der Waals surface area contributed by atoms with E-state index in [0.29, 0.717) is 16.7 Å². The van der Waals surface area contributed by atoms with Gasteiger partial charge >= 0.3 is 0 Å². The molecule has 0 unspecified atom stereocenters. The number of rotatable bonds is 5. The zero-order valence-electron chi connectivity index (χ0n) is 12.2. The molecule has 0 bridgehead atoms. The third-order valence-electron chi connectivity index (χ3n) is 3.97. The van der Waals surface area contributed by atoms with Gasteiger partial charge in [0.25, 0.3) is 0 Å². The minimum atomic E-state index is 0.322. The van der Waals surface area contributed by atoms with Crippen molar-refractivity contribution in [2.24, 2.45) is 5.41 Å². The normalized spacial score (nSPS) is 17.4. The van der Waals surface area contributed by atoms with Gasteiger partial charge in [-0.25, -0.2) is 0 Å². The number of nitrogens with one attached hydrogen (secondary N) is 1. The monoisotopic (exact) mass is 274 g/mol. The summed E-state index contributed by atoms with van der Waals surface area (Å²) in [7, 11) is 1.58. The maximum Gasteiger partial charge on any atom is 0.136 e. The van der Waals surface area contributed by atoms with E-state index < -0.39 is 0 Å². The molecule has 2 rings (SSSR count). The SMILES string of the molecule is COc1ccc(CNCC2(C)CCOCC2)cc1C#N. The first kappa shape index (κ1) is 14.8. The third-order valence-corrected chi connectivity index (χ3v) is 3.97. The Bertz CT molecular complexity index is 488.